The summed E-state index contributed by atoms with van der Waals surface area (Å²) in [7, 11) is -3.50. The van der Waals surface area contributed by atoms with Crippen molar-refractivity contribution in [1.29, 1.82) is 0 Å². The molecule has 28 heavy (non-hydrogen) atoms. The Labute approximate surface area is 173 Å². The summed E-state index contributed by atoms with van der Waals surface area (Å²) >= 11 is 1.55. The molecule has 0 radical (unpaired) electrons. The Morgan fingerprint density at radius 3 is 2.50 bits per heavy atom. The fourth-order valence-corrected chi connectivity index (χ4v) is 6.94. The summed E-state index contributed by atoms with van der Waals surface area (Å²) in [5.41, 5.74) is 1.98. The largest absolute Gasteiger partial charge is 0.507 e. The van der Waals surface area contributed by atoms with Crippen molar-refractivity contribution in [2.45, 2.75) is 67.4 Å². The van der Waals surface area contributed by atoms with Crippen LogP contribution < -0.4 is 0 Å². The van der Waals surface area contributed by atoms with Crippen molar-refractivity contribution in [2.24, 2.45) is 5.92 Å². The van der Waals surface area contributed by atoms with E-state index in [4.69, 9.17) is 0 Å². The number of sulfone groups is 1. The standard InChI is InChI=1S/C23H30O3S2/c1-4-6-10-18-13-19(17-11-8-7-9-12-17)20-14-22(27-5-2)21(24)15-23(20)28(25,26)16(18)3/h7-9,11-12,14-16,18-19,24H,4-6,10,13H2,1-3H3. The fraction of sp³-hybridized carbons (Fsp3) is 0.478. The van der Waals surface area contributed by atoms with Crippen LogP contribution in [-0.2, 0) is 9.84 Å². The van der Waals surface area contributed by atoms with E-state index in [1.165, 1.54) is 6.07 Å². The zero-order chi connectivity index (χ0) is 20.3. The Morgan fingerprint density at radius 1 is 1.14 bits per heavy atom. The monoisotopic (exact) mass is 418 g/mol. The lowest BCUT2D eigenvalue weighted by molar-refractivity contribution is 0.404. The van der Waals surface area contributed by atoms with Crippen molar-refractivity contribution < 1.29 is 13.5 Å². The van der Waals surface area contributed by atoms with E-state index >= 15 is 0 Å². The first-order chi connectivity index (χ1) is 13.4. The van der Waals surface area contributed by atoms with Crippen molar-refractivity contribution in [3.8, 4) is 5.75 Å². The third-order valence-electron chi connectivity index (χ3n) is 5.90. The van der Waals surface area contributed by atoms with Gasteiger partial charge in [0.05, 0.1) is 10.1 Å². The SMILES string of the molecule is CCCCC1CC(c2ccccc2)c2cc(SCC)c(O)cc2S(=O)(=O)C1C. The summed E-state index contributed by atoms with van der Waals surface area (Å²) in [4.78, 5) is 1.07. The third kappa shape index (κ3) is 4.11. The van der Waals surface area contributed by atoms with Crippen LogP contribution in [0.3, 0.4) is 0 Å². The highest BCUT2D eigenvalue weighted by molar-refractivity contribution is 7.99. The summed E-state index contributed by atoms with van der Waals surface area (Å²) in [5, 5.41) is 10.0. The Morgan fingerprint density at radius 2 is 1.86 bits per heavy atom. The van der Waals surface area contributed by atoms with Gasteiger partial charge in [-0.25, -0.2) is 8.42 Å². The molecule has 5 heteroatoms. The van der Waals surface area contributed by atoms with Crippen LogP contribution in [0.5, 0.6) is 5.75 Å². The number of unbranched alkanes of at least 4 members (excludes halogenated alkanes) is 1. The van der Waals surface area contributed by atoms with Crippen molar-refractivity contribution in [3.05, 3.63) is 53.6 Å². The second-order valence-corrected chi connectivity index (χ2v) is 11.2. The first-order valence-electron chi connectivity index (χ1n) is 10.2. The number of hydrogen-bond acceptors (Lipinski definition) is 4. The molecule has 2 aromatic rings. The average Bonchev–Trinajstić information content (AvgIpc) is 2.76. The summed E-state index contributed by atoms with van der Waals surface area (Å²) in [5.74, 6) is 1.02. The van der Waals surface area contributed by atoms with E-state index in [1.807, 2.05) is 38.1 Å². The van der Waals surface area contributed by atoms with E-state index < -0.39 is 15.1 Å². The van der Waals surface area contributed by atoms with Crippen LogP contribution in [0, 0.1) is 5.92 Å². The summed E-state index contributed by atoms with van der Waals surface area (Å²) < 4.78 is 27.0. The van der Waals surface area contributed by atoms with Gasteiger partial charge in [-0.2, -0.15) is 0 Å². The quantitative estimate of drug-likeness (QED) is 0.584. The number of aromatic hydroxyl groups is 1. The molecule has 0 saturated heterocycles. The highest BCUT2D eigenvalue weighted by Crippen LogP contribution is 2.46. The van der Waals surface area contributed by atoms with Gasteiger partial charge in [0, 0.05) is 10.8 Å². The Bertz CT molecular complexity index is 907. The maximum atomic E-state index is 13.5. The van der Waals surface area contributed by atoms with Crippen LogP contribution in [0.1, 0.15) is 63.5 Å². The number of thioether (sulfide) groups is 1. The highest BCUT2D eigenvalue weighted by Gasteiger charge is 2.39. The molecule has 2 aromatic carbocycles. The first kappa shape index (κ1) is 21.3. The van der Waals surface area contributed by atoms with Gasteiger partial charge in [0.15, 0.2) is 9.84 Å². The Kier molecular flexibility index (Phi) is 6.77. The molecule has 1 aliphatic heterocycles. The Hall–Kier alpha value is -1.46. The van der Waals surface area contributed by atoms with Gasteiger partial charge in [-0.3, -0.25) is 0 Å². The molecule has 3 atom stereocenters. The van der Waals surface area contributed by atoms with Gasteiger partial charge < -0.3 is 5.11 Å². The maximum absolute atomic E-state index is 13.5. The van der Waals surface area contributed by atoms with Crippen molar-refractivity contribution in [3.63, 3.8) is 0 Å². The maximum Gasteiger partial charge on any atom is 0.181 e. The lowest BCUT2D eigenvalue weighted by atomic mass is 9.81. The van der Waals surface area contributed by atoms with Crippen molar-refractivity contribution in [1.82, 2.24) is 0 Å². The molecule has 0 fully saturated rings. The van der Waals surface area contributed by atoms with Crippen LogP contribution in [0.15, 0.2) is 52.3 Å². The van der Waals surface area contributed by atoms with Gasteiger partial charge in [0.1, 0.15) is 5.75 Å². The molecule has 1 aliphatic rings. The van der Waals surface area contributed by atoms with Gasteiger partial charge in [0.2, 0.25) is 0 Å². The van der Waals surface area contributed by atoms with Gasteiger partial charge >= 0.3 is 0 Å². The van der Waals surface area contributed by atoms with Crippen LogP contribution in [0.25, 0.3) is 0 Å². The molecule has 3 nitrogen and oxygen atoms in total. The molecule has 1 N–H and O–H groups in total. The van der Waals surface area contributed by atoms with Gasteiger partial charge in [-0.1, -0.05) is 57.0 Å². The highest BCUT2D eigenvalue weighted by atomic mass is 32.2. The van der Waals surface area contributed by atoms with Gasteiger partial charge in [0.25, 0.3) is 0 Å². The topological polar surface area (TPSA) is 54.4 Å². The van der Waals surface area contributed by atoms with Crippen LogP contribution in [-0.4, -0.2) is 24.5 Å². The molecule has 0 aromatic heterocycles. The minimum absolute atomic E-state index is 0.0228. The first-order valence-corrected chi connectivity index (χ1v) is 12.7. The minimum Gasteiger partial charge on any atom is -0.507 e. The predicted molar refractivity (Wildman–Crippen MR) is 117 cm³/mol. The Balaban J connectivity index is 2.21. The zero-order valence-electron chi connectivity index (χ0n) is 16.9. The zero-order valence-corrected chi connectivity index (χ0v) is 18.5. The molecule has 0 amide bonds. The molecule has 0 saturated carbocycles. The lowest BCUT2D eigenvalue weighted by Crippen LogP contribution is -2.26. The average molecular weight is 419 g/mol. The van der Waals surface area contributed by atoms with Crippen LogP contribution in [0.4, 0.5) is 0 Å². The van der Waals surface area contributed by atoms with E-state index in [2.05, 4.69) is 19.1 Å². The molecular weight excluding hydrogens is 388 g/mol. The number of rotatable bonds is 6. The molecular formula is C23H30O3S2. The molecule has 3 rings (SSSR count). The fourth-order valence-electron chi connectivity index (χ4n) is 4.25. The molecule has 152 valence electrons. The number of hydrogen-bond donors (Lipinski definition) is 1. The number of phenols is 1. The second-order valence-electron chi connectivity index (χ2n) is 7.64. The summed E-state index contributed by atoms with van der Waals surface area (Å²) in [6.45, 7) is 6.02. The van der Waals surface area contributed by atoms with Crippen LogP contribution >= 0.6 is 11.8 Å². The molecule has 3 unspecified atom stereocenters. The van der Waals surface area contributed by atoms with E-state index in [0.717, 1.165) is 47.5 Å². The van der Waals surface area contributed by atoms with E-state index in [0.29, 0.717) is 4.90 Å². The van der Waals surface area contributed by atoms with E-state index in [-0.39, 0.29) is 17.6 Å². The number of phenolic OH excluding ortho intramolecular Hbond substituents is 1. The van der Waals surface area contributed by atoms with E-state index in [9.17, 15) is 13.5 Å². The van der Waals surface area contributed by atoms with Gasteiger partial charge in [-0.15, -0.1) is 11.8 Å². The summed E-state index contributed by atoms with van der Waals surface area (Å²) in [6, 6.07) is 13.6. The number of fused-ring (bicyclic) bond motifs is 1. The van der Waals surface area contributed by atoms with Gasteiger partial charge in [-0.05, 0) is 54.7 Å². The van der Waals surface area contributed by atoms with Crippen molar-refractivity contribution in [2.75, 3.05) is 5.75 Å². The van der Waals surface area contributed by atoms with Crippen LogP contribution in [0.2, 0.25) is 0 Å². The molecule has 0 spiro atoms. The normalized spacial score (nSPS) is 23.8. The number of benzene rings is 2. The molecule has 1 heterocycles. The smallest absolute Gasteiger partial charge is 0.181 e. The molecule has 0 bridgehead atoms. The lowest BCUT2D eigenvalue weighted by Gasteiger charge is -2.24. The second kappa shape index (κ2) is 8.91. The minimum atomic E-state index is -3.50. The van der Waals surface area contributed by atoms with E-state index in [1.54, 1.807) is 11.8 Å². The van der Waals surface area contributed by atoms with Crippen molar-refractivity contribution >= 4 is 21.6 Å². The summed E-state index contributed by atoms with van der Waals surface area (Å²) in [6.07, 6.45) is 3.82. The third-order valence-corrected chi connectivity index (χ3v) is 9.15. The predicted octanol–water partition coefficient (Wildman–Crippen LogP) is 6.01. The molecule has 0 aliphatic carbocycles.